The van der Waals surface area contributed by atoms with Crippen LogP contribution in [0.3, 0.4) is 0 Å². The van der Waals surface area contributed by atoms with Gasteiger partial charge < -0.3 is 20.7 Å². The van der Waals surface area contributed by atoms with Gasteiger partial charge in [-0.15, -0.1) is 0 Å². The molecular weight excluding hydrogens is 344 g/mol. The molecule has 0 saturated carbocycles. The van der Waals surface area contributed by atoms with Crippen molar-refractivity contribution in [2.75, 3.05) is 26.2 Å². The van der Waals surface area contributed by atoms with Crippen LogP contribution in [-0.2, 0) is 16.1 Å². The molecule has 0 radical (unpaired) electrons. The number of primary amides is 1. The Morgan fingerprint density at radius 3 is 2.70 bits per heavy atom. The molecule has 3 atom stereocenters. The maximum atomic E-state index is 12.6. The third kappa shape index (κ3) is 5.43. The first-order valence-corrected chi connectivity index (χ1v) is 9.78. The molecule has 3 rings (SSSR count). The van der Waals surface area contributed by atoms with E-state index in [0.29, 0.717) is 13.0 Å². The summed E-state index contributed by atoms with van der Waals surface area (Å²) in [5.41, 5.74) is 6.57. The standard InChI is InChI=1S/C20H30N4O3/c1-15-13-23(14-16-6-3-2-4-7-16)10-5-11-24(15)20(26)22-12-17-8-9-18(27-17)19(21)25/h2-4,6-7,15,17-18H,5,8-14H2,1H3,(H2,21,25)(H,22,26). The first-order valence-electron chi connectivity index (χ1n) is 9.78. The van der Waals surface area contributed by atoms with Crippen LogP contribution in [-0.4, -0.2) is 66.2 Å². The fraction of sp³-hybridized carbons (Fsp3) is 0.600. The number of rotatable bonds is 5. The fourth-order valence-corrected chi connectivity index (χ4v) is 3.90. The topological polar surface area (TPSA) is 87.9 Å². The first kappa shape index (κ1) is 19.6. The van der Waals surface area contributed by atoms with Gasteiger partial charge >= 0.3 is 6.03 Å². The average molecular weight is 374 g/mol. The number of carbonyl (C=O) groups is 2. The number of benzene rings is 1. The van der Waals surface area contributed by atoms with Gasteiger partial charge in [0.05, 0.1) is 6.10 Å². The highest BCUT2D eigenvalue weighted by atomic mass is 16.5. The lowest BCUT2D eigenvalue weighted by molar-refractivity contribution is -0.128. The van der Waals surface area contributed by atoms with Gasteiger partial charge in [0.25, 0.3) is 0 Å². The van der Waals surface area contributed by atoms with Crippen molar-refractivity contribution in [3.05, 3.63) is 35.9 Å². The SMILES string of the molecule is CC1CN(Cc2ccccc2)CCCN1C(=O)NCC1CCC(C(N)=O)O1. The summed E-state index contributed by atoms with van der Waals surface area (Å²) in [5, 5.41) is 2.97. The Labute approximate surface area is 160 Å². The van der Waals surface area contributed by atoms with Crippen molar-refractivity contribution in [1.82, 2.24) is 15.1 Å². The van der Waals surface area contributed by atoms with Crippen molar-refractivity contribution in [3.8, 4) is 0 Å². The maximum Gasteiger partial charge on any atom is 0.317 e. The Balaban J connectivity index is 1.47. The van der Waals surface area contributed by atoms with E-state index in [9.17, 15) is 9.59 Å². The molecule has 2 aliphatic rings. The first-order chi connectivity index (χ1) is 13.0. The molecule has 3 N–H and O–H groups in total. The van der Waals surface area contributed by atoms with Crippen molar-refractivity contribution < 1.29 is 14.3 Å². The van der Waals surface area contributed by atoms with Crippen LogP contribution < -0.4 is 11.1 Å². The highest BCUT2D eigenvalue weighted by Crippen LogP contribution is 2.19. The predicted octanol–water partition coefficient (Wildman–Crippen LogP) is 1.33. The second kappa shape index (κ2) is 9.19. The molecule has 0 aliphatic carbocycles. The maximum absolute atomic E-state index is 12.6. The van der Waals surface area contributed by atoms with E-state index in [2.05, 4.69) is 41.4 Å². The van der Waals surface area contributed by atoms with E-state index in [4.69, 9.17) is 10.5 Å². The van der Waals surface area contributed by atoms with Crippen LogP contribution in [0.2, 0.25) is 0 Å². The van der Waals surface area contributed by atoms with E-state index in [1.54, 1.807) is 0 Å². The predicted molar refractivity (Wildman–Crippen MR) is 103 cm³/mol. The number of nitrogens with two attached hydrogens (primary N) is 1. The van der Waals surface area contributed by atoms with Crippen LogP contribution in [0.4, 0.5) is 4.79 Å². The summed E-state index contributed by atoms with van der Waals surface area (Å²) in [4.78, 5) is 28.1. The zero-order chi connectivity index (χ0) is 19.2. The van der Waals surface area contributed by atoms with E-state index < -0.39 is 12.0 Å². The quantitative estimate of drug-likeness (QED) is 0.814. The van der Waals surface area contributed by atoms with Crippen LogP contribution in [0.5, 0.6) is 0 Å². The molecule has 1 aromatic carbocycles. The lowest BCUT2D eigenvalue weighted by atomic mass is 10.2. The lowest BCUT2D eigenvalue weighted by Gasteiger charge is -2.29. The van der Waals surface area contributed by atoms with E-state index >= 15 is 0 Å². The van der Waals surface area contributed by atoms with Crippen molar-refractivity contribution in [3.63, 3.8) is 0 Å². The van der Waals surface area contributed by atoms with Crippen molar-refractivity contribution in [2.24, 2.45) is 5.73 Å². The molecule has 27 heavy (non-hydrogen) atoms. The largest absolute Gasteiger partial charge is 0.367 e. The highest BCUT2D eigenvalue weighted by molar-refractivity contribution is 5.79. The zero-order valence-corrected chi connectivity index (χ0v) is 16.0. The van der Waals surface area contributed by atoms with Gasteiger partial charge in [-0.1, -0.05) is 30.3 Å². The van der Waals surface area contributed by atoms with Crippen molar-refractivity contribution >= 4 is 11.9 Å². The minimum Gasteiger partial charge on any atom is -0.367 e. The van der Waals surface area contributed by atoms with Gasteiger partial charge in [0, 0.05) is 38.8 Å². The Kier molecular flexibility index (Phi) is 6.68. The Morgan fingerprint density at radius 1 is 1.22 bits per heavy atom. The van der Waals surface area contributed by atoms with E-state index in [-0.39, 0.29) is 18.2 Å². The summed E-state index contributed by atoms with van der Waals surface area (Å²) < 4.78 is 5.58. The second-order valence-electron chi connectivity index (χ2n) is 7.53. The monoisotopic (exact) mass is 374 g/mol. The smallest absolute Gasteiger partial charge is 0.317 e. The molecular formula is C20H30N4O3. The molecule has 0 spiro atoms. The van der Waals surface area contributed by atoms with Gasteiger partial charge in [-0.25, -0.2) is 4.79 Å². The summed E-state index contributed by atoms with van der Waals surface area (Å²) in [5.74, 6) is -0.427. The van der Waals surface area contributed by atoms with Crippen LogP contribution in [0.25, 0.3) is 0 Å². The minimum atomic E-state index is -0.518. The number of ether oxygens (including phenoxy) is 1. The zero-order valence-electron chi connectivity index (χ0n) is 16.0. The van der Waals surface area contributed by atoms with Gasteiger partial charge in [-0.05, 0) is 31.7 Å². The van der Waals surface area contributed by atoms with E-state index in [1.807, 2.05) is 11.0 Å². The average Bonchev–Trinajstić information content (AvgIpc) is 3.05. The molecule has 1 aromatic rings. The second-order valence-corrected chi connectivity index (χ2v) is 7.53. The third-order valence-corrected chi connectivity index (χ3v) is 5.34. The molecule has 7 heteroatoms. The fourth-order valence-electron chi connectivity index (χ4n) is 3.90. The summed E-state index contributed by atoms with van der Waals surface area (Å²) in [6.45, 7) is 6.00. The van der Waals surface area contributed by atoms with E-state index in [1.165, 1.54) is 5.56 Å². The number of nitrogens with zero attached hydrogens (tertiary/aromatic N) is 2. The van der Waals surface area contributed by atoms with Crippen LogP contribution in [0, 0.1) is 0 Å². The number of nitrogens with one attached hydrogen (secondary N) is 1. The Hall–Kier alpha value is -2.12. The van der Waals surface area contributed by atoms with Gasteiger partial charge in [0.1, 0.15) is 6.10 Å². The van der Waals surface area contributed by atoms with Gasteiger partial charge in [0.2, 0.25) is 5.91 Å². The molecule has 2 fully saturated rings. The molecule has 3 unspecified atom stereocenters. The van der Waals surface area contributed by atoms with Crippen LogP contribution in [0.1, 0.15) is 31.7 Å². The summed E-state index contributed by atoms with van der Waals surface area (Å²) >= 11 is 0. The number of amides is 3. The van der Waals surface area contributed by atoms with Crippen LogP contribution >= 0.6 is 0 Å². The van der Waals surface area contributed by atoms with E-state index in [0.717, 1.165) is 39.0 Å². The summed E-state index contributed by atoms with van der Waals surface area (Å²) in [6, 6.07) is 10.5. The number of urea groups is 1. The molecule has 2 heterocycles. The molecule has 0 aromatic heterocycles. The molecule has 2 saturated heterocycles. The van der Waals surface area contributed by atoms with Gasteiger partial charge in [-0.3, -0.25) is 9.69 Å². The van der Waals surface area contributed by atoms with Crippen molar-refractivity contribution in [2.45, 2.75) is 51.0 Å². The summed E-state index contributed by atoms with van der Waals surface area (Å²) in [7, 11) is 0. The normalized spacial score (nSPS) is 26.6. The Morgan fingerprint density at radius 2 is 2.00 bits per heavy atom. The van der Waals surface area contributed by atoms with Gasteiger partial charge in [-0.2, -0.15) is 0 Å². The number of hydrogen-bond donors (Lipinski definition) is 2. The highest BCUT2D eigenvalue weighted by Gasteiger charge is 2.30. The number of hydrogen-bond acceptors (Lipinski definition) is 4. The van der Waals surface area contributed by atoms with Gasteiger partial charge in [0.15, 0.2) is 0 Å². The molecule has 3 amide bonds. The number of carbonyl (C=O) groups excluding carboxylic acids is 2. The Bertz CT molecular complexity index is 639. The molecule has 148 valence electrons. The molecule has 2 aliphatic heterocycles. The molecule has 0 bridgehead atoms. The minimum absolute atomic E-state index is 0.0600. The van der Waals surface area contributed by atoms with Crippen LogP contribution in [0.15, 0.2) is 30.3 Å². The summed E-state index contributed by atoms with van der Waals surface area (Å²) in [6.07, 6.45) is 1.67. The molecule has 7 nitrogen and oxygen atoms in total. The lowest BCUT2D eigenvalue weighted by Crippen LogP contribution is -2.49. The van der Waals surface area contributed by atoms with Crippen molar-refractivity contribution in [1.29, 1.82) is 0 Å². The third-order valence-electron chi connectivity index (χ3n) is 5.34.